The molecule has 64 heavy (non-hydrogen) atoms. The van der Waals surface area contributed by atoms with E-state index in [4.69, 9.17) is 9.72 Å². The third-order valence-corrected chi connectivity index (χ3v) is 13.0. The van der Waals surface area contributed by atoms with Crippen LogP contribution in [0.3, 0.4) is 0 Å². The van der Waals surface area contributed by atoms with E-state index in [1.165, 1.54) is 33.0 Å². The average molecular weight is 1000 g/mol. The van der Waals surface area contributed by atoms with Crippen LogP contribution in [0.15, 0.2) is 188 Å². The van der Waals surface area contributed by atoms with E-state index in [9.17, 15) is 0 Å². The van der Waals surface area contributed by atoms with Gasteiger partial charge in [0.2, 0.25) is 0 Å². The summed E-state index contributed by atoms with van der Waals surface area (Å²) in [4.78, 5) is 5.11. The molecule has 0 saturated carbocycles. The number of aromatic nitrogens is 5. The second-order valence-corrected chi connectivity index (χ2v) is 16.8. The Morgan fingerprint density at radius 2 is 1.16 bits per heavy atom. The fourth-order valence-electron chi connectivity index (χ4n) is 10.1. The Bertz CT molecular complexity index is 3780. The molecule has 0 bridgehead atoms. The van der Waals surface area contributed by atoms with Gasteiger partial charge in [-0.15, -0.1) is 29.7 Å². The summed E-state index contributed by atoms with van der Waals surface area (Å²) in [6, 6.07) is 70.9. The van der Waals surface area contributed by atoms with Gasteiger partial charge in [0.05, 0.1) is 33.4 Å². The molecule has 1 aliphatic rings. The third kappa shape index (κ3) is 5.62. The van der Waals surface area contributed by atoms with Crippen molar-refractivity contribution in [2.24, 2.45) is 0 Å². The molecule has 4 aromatic heterocycles. The van der Waals surface area contributed by atoms with E-state index in [2.05, 4.69) is 214 Å². The molecule has 0 fully saturated rings. The molecule has 7 heteroatoms. The van der Waals surface area contributed by atoms with Crippen molar-refractivity contribution in [1.82, 2.24) is 18.7 Å². The Hall–Kier alpha value is -7.53. The summed E-state index contributed by atoms with van der Waals surface area (Å²) in [5, 5.41) is 4.66. The summed E-state index contributed by atoms with van der Waals surface area (Å²) < 4.78 is 15.4. The van der Waals surface area contributed by atoms with Crippen molar-refractivity contribution in [2.75, 3.05) is 0 Å². The third-order valence-electron chi connectivity index (χ3n) is 13.0. The van der Waals surface area contributed by atoms with Gasteiger partial charge < -0.3 is 18.4 Å². The van der Waals surface area contributed by atoms with Crippen LogP contribution < -0.4 is 9.30 Å². The number of benzene rings is 8. The first-order valence-corrected chi connectivity index (χ1v) is 21.3. The molecule has 8 aromatic carbocycles. The topological polar surface area (TPSA) is 40.8 Å². The molecule has 308 valence electrons. The molecule has 12 aromatic rings. The summed E-state index contributed by atoms with van der Waals surface area (Å²) in [6.45, 7) is 4.56. The van der Waals surface area contributed by atoms with E-state index < -0.39 is 0 Å². The number of pyridine rings is 1. The summed E-state index contributed by atoms with van der Waals surface area (Å²) >= 11 is 0. The molecule has 0 amide bonds. The first-order chi connectivity index (χ1) is 31.0. The van der Waals surface area contributed by atoms with Gasteiger partial charge in [0.15, 0.2) is 0 Å². The fourth-order valence-corrected chi connectivity index (χ4v) is 10.1. The molecule has 0 atom stereocenters. The first-order valence-electron chi connectivity index (χ1n) is 21.3. The van der Waals surface area contributed by atoms with Crippen molar-refractivity contribution >= 4 is 54.6 Å². The molecule has 0 spiro atoms. The van der Waals surface area contributed by atoms with Crippen molar-refractivity contribution < 1.29 is 30.4 Å². The molecule has 1 aliphatic carbocycles. The minimum atomic E-state index is -0.126. The molecule has 0 radical (unpaired) electrons. The van der Waals surface area contributed by atoms with Crippen LogP contribution >= 0.6 is 0 Å². The Labute approximate surface area is 384 Å². The van der Waals surface area contributed by atoms with Gasteiger partial charge in [-0.2, -0.15) is 18.2 Å². The van der Waals surface area contributed by atoms with Crippen molar-refractivity contribution in [1.29, 1.82) is 0 Å². The predicted molar refractivity (Wildman–Crippen MR) is 252 cm³/mol. The van der Waals surface area contributed by atoms with Crippen molar-refractivity contribution in [3.05, 3.63) is 218 Å². The summed E-state index contributed by atoms with van der Waals surface area (Å²) in [7, 11) is 0. The molecular weight excluding hydrogens is 966 g/mol. The van der Waals surface area contributed by atoms with E-state index in [1.54, 1.807) is 0 Å². The number of rotatable bonds is 6. The second-order valence-electron chi connectivity index (χ2n) is 16.8. The summed E-state index contributed by atoms with van der Waals surface area (Å²) in [5.41, 5.74) is 14.1. The van der Waals surface area contributed by atoms with E-state index in [0.717, 1.165) is 66.8 Å². The minimum Gasteiger partial charge on any atom is -0.510 e. The zero-order valence-corrected chi connectivity index (χ0v) is 37.1. The van der Waals surface area contributed by atoms with Gasteiger partial charge in [-0.3, -0.25) is 4.57 Å². The van der Waals surface area contributed by atoms with Crippen LogP contribution in [-0.4, -0.2) is 18.7 Å². The second kappa shape index (κ2) is 14.5. The maximum Gasteiger partial charge on any atom is 0.268 e. The van der Waals surface area contributed by atoms with E-state index >= 15 is 0 Å². The van der Waals surface area contributed by atoms with Gasteiger partial charge >= 0.3 is 0 Å². The molecule has 13 rings (SSSR count). The molecule has 0 aliphatic heterocycles. The largest absolute Gasteiger partial charge is 0.510 e. The molecule has 0 N–H and O–H groups in total. The van der Waals surface area contributed by atoms with Gasteiger partial charge in [0, 0.05) is 60.5 Å². The van der Waals surface area contributed by atoms with Gasteiger partial charge in [-0.1, -0.05) is 135 Å². The smallest absolute Gasteiger partial charge is 0.268 e. The van der Waals surface area contributed by atoms with Crippen LogP contribution in [-0.2, 0) is 26.5 Å². The number of hydrogen-bond acceptors (Lipinski definition) is 2. The van der Waals surface area contributed by atoms with Crippen molar-refractivity contribution in [3.8, 4) is 45.5 Å². The van der Waals surface area contributed by atoms with Gasteiger partial charge in [0.1, 0.15) is 5.82 Å². The van der Waals surface area contributed by atoms with Crippen LogP contribution in [0, 0.1) is 18.5 Å². The maximum atomic E-state index is 6.65. The standard InChI is InChI=1S/C57H37N5O.Pt/c1-57(2)46-22-7-3-18-40(46)45-34-56(58-35-47(45)57)62-50-25-10-6-21-43(50)44-31-30-39(33-55(44)62)63-38-17-15-16-37(32-38)59-36-60(52-27-12-11-26-51(52)59)53-28-13-14-29-54(53)61-48-23-8-4-19-41(48)42-20-5-9-24-49(42)61;/h3-31,34-35H,1-2H3;/q-2;. The van der Waals surface area contributed by atoms with Crippen molar-refractivity contribution in [3.63, 3.8) is 0 Å². The van der Waals surface area contributed by atoms with Crippen LogP contribution in [0.1, 0.15) is 25.0 Å². The number of nitrogens with zero attached hydrogens (tertiary/aromatic N) is 5. The fraction of sp³-hybridized carbons (Fsp3) is 0.0526. The number of fused-ring (bicyclic) bond motifs is 10. The molecule has 0 saturated heterocycles. The first kappa shape index (κ1) is 38.2. The Balaban J connectivity index is 0.00000433. The SMILES string of the molecule is CC1(C)c2ccccc2-c2cc(-n3c4[c-]c(Oc5[c-]c(-n6[c-][n+](-c7ccccc7-n7c8ccccc8c8ccccc87)c7ccccc76)ccc5)ccc4c4ccccc43)ncc21.[Pt]. The van der Waals surface area contributed by atoms with Gasteiger partial charge in [-0.05, 0) is 69.7 Å². The van der Waals surface area contributed by atoms with Crippen LogP contribution in [0.25, 0.3) is 88.7 Å². The normalized spacial score (nSPS) is 12.8. The van der Waals surface area contributed by atoms with Gasteiger partial charge in [0.25, 0.3) is 6.33 Å². The van der Waals surface area contributed by atoms with E-state index in [-0.39, 0.29) is 26.5 Å². The molecule has 4 heterocycles. The molecule has 6 nitrogen and oxygen atoms in total. The van der Waals surface area contributed by atoms with Gasteiger partial charge in [-0.25, -0.2) is 4.98 Å². The summed E-state index contributed by atoms with van der Waals surface area (Å²) in [5.74, 6) is 2.00. The Kier molecular flexibility index (Phi) is 8.66. The van der Waals surface area contributed by atoms with E-state index in [1.807, 2.05) is 24.3 Å². The Morgan fingerprint density at radius 3 is 1.94 bits per heavy atom. The van der Waals surface area contributed by atoms with Crippen LogP contribution in [0.4, 0.5) is 0 Å². The predicted octanol–water partition coefficient (Wildman–Crippen LogP) is 13.0. The quantitative estimate of drug-likeness (QED) is 0.123. The number of hydrogen-bond donors (Lipinski definition) is 0. The number of para-hydroxylation sites is 7. The number of ether oxygens (including phenoxy) is 1. The number of imidazole rings is 1. The zero-order valence-electron chi connectivity index (χ0n) is 34.9. The molecular formula is C57H37N5OPt-2. The van der Waals surface area contributed by atoms with Crippen molar-refractivity contribution in [2.45, 2.75) is 19.3 Å². The monoisotopic (exact) mass is 1000 g/mol. The van der Waals surface area contributed by atoms with E-state index in [0.29, 0.717) is 11.5 Å². The average Bonchev–Trinajstić information content (AvgIpc) is 4.04. The molecule has 0 unspecified atom stereocenters. The summed E-state index contributed by atoms with van der Waals surface area (Å²) in [6.07, 6.45) is 5.78. The minimum absolute atomic E-state index is 0. The van der Waals surface area contributed by atoms with Crippen LogP contribution in [0.2, 0.25) is 0 Å². The Morgan fingerprint density at radius 1 is 0.531 bits per heavy atom. The maximum absolute atomic E-state index is 6.65. The van der Waals surface area contributed by atoms with Crippen LogP contribution in [0.5, 0.6) is 11.5 Å². The zero-order chi connectivity index (χ0) is 41.8.